The lowest BCUT2D eigenvalue weighted by Crippen LogP contribution is -2.28. The zero-order chi connectivity index (χ0) is 13.8. The van der Waals surface area contributed by atoms with Gasteiger partial charge in [-0.05, 0) is 37.2 Å². The molecule has 1 aromatic carbocycles. The zero-order valence-electron chi connectivity index (χ0n) is 11.9. The molecule has 1 aliphatic heterocycles. The van der Waals surface area contributed by atoms with E-state index in [1.165, 1.54) is 17.7 Å². The highest BCUT2D eigenvalue weighted by Crippen LogP contribution is 2.31. The Balaban J connectivity index is 1.66. The predicted molar refractivity (Wildman–Crippen MR) is 82.9 cm³/mol. The summed E-state index contributed by atoms with van der Waals surface area (Å²) in [5.41, 5.74) is 3.89. The van der Waals surface area contributed by atoms with E-state index in [9.17, 15) is 0 Å². The Labute approximate surface area is 120 Å². The highest BCUT2D eigenvalue weighted by atomic mass is 15.1. The summed E-state index contributed by atoms with van der Waals surface area (Å²) < 4.78 is 0. The maximum absolute atomic E-state index is 4.40. The van der Waals surface area contributed by atoms with Crippen molar-refractivity contribution in [1.29, 1.82) is 0 Å². The lowest BCUT2D eigenvalue weighted by molar-refractivity contribution is 0.294. The van der Waals surface area contributed by atoms with E-state index < -0.39 is 0 Å². The van der Waals surface area contributed by atoms with E-state index >= 15 is 0 Å². The van der Waals surface area contributed by atoms with E-state index in [-0.39, 0.29) is 0 Å². The molecule has 3 rings (SSSR count). The standard InChI is InChI=1S/C17H21N3/c1-20(13-15-6-4-5-10-18-15)12-14-9-11-19-17-8-3-2-7-16(14)17/h2-8,10,14,19H,9,11-13H2,1H3. The third kappa shape index (κ3) is 2.99. The largest absolute Gasteiger partial charge is 0.385 e. The predicted octanol–water partition coefficient (Wildman–Crippen LogP) is 3.11. The second-order valence-corrected chi connectivity index (χ2v) is 5.52. The summed E-state index contributed by atoms with van der Waals surface area (Å²) in [6.45, 7) is 3.06. The van der Waals surface area contributed by atoms with Gasteiger partial charge in [0.15, 0.2) is 0 Å². The van der Waals surface area contributed by atoms with Gasteiger partial charge in [-0.2, -0.15) is 0 Å². The minimum absolute atomic E-state index is 0.612. The van der Waals surface area contributed by atoms with Crippen LogP contribution in [0.1, 0.15) is 23.6 Å². The van der Waals surface area contributed by atoms with Crippen LogP contribution in [0.4, 0.5) is 5.69 Å². The minimum Gasteiger partial charge on any atom is -0.385 e. The van der Waals surface area contributed by atoms with Crippen LogP contribution in [0.3, 0.4) is 0 Å². The summed E-state index contributed by atoms with van der Waals surface area (Å²) in [4.78, 5) is 6.77. The minimum atomic E-state index is 0.612. The molecule has 1 aromatic heterocycles. The molecule has 0 aliphatic carbocycles. The first-order chi connectivity index (χ1) is 9.83. The number of anilines is 1. The van der Waals surface area contributed by atoms with Gasteiger partial charge >= 0.3 is 0 Å². The average Bonchev–Trinajstić information content (AvgIpc) is 2.48. The fourth-order valence-corrected chi connectivity index (χ4v) is 2.95. The van der Waals surface area contributed by atoms with Crippen LogP contribution in [0.5, 0.6) is 0 Å². The molecule has 0 saturated heterocycles. The van der Waals surface area contributed by atoms with Crippen LogP contribution in [0.15, 0.2) is 48.7 Å². The van der Waals surface area contributed by atoms with Crippen molar-refractivity contribution in [2.75, 3.05) is 25.5 Å². The zero-order valence-corrected chi connectivity index (χ0v) is 11.9. The Morgan fingerprint density at radius 1 is 1.20 bits per heavy atom. The average molecular weight is 267 g/mol. The maximum Gasteiger partial charge on any atom is 0.0543 e. The Hall–Kier alpha value is -1.87. The van der Waals surface area contributed by atoms with Crippen LogP contribution in [0, 0.1) is 0 Å². The molecule has 104 valence electrons. The summed E-state index contributed by atoms with van der Waals surface area (Å²) in [5.74, 6) is 0.612. The molecule has 3 nitrogen and oxygen atoms in total. The first kappa shape index (κ1) is 13.1. The van der Waals surface area contributed by atoms with Crippen LogP contribution in [-0.2, 0) is 6.54 Å². The second kappa shape index (κ2) is 6.06. The molecule has 3 heteroatoms. The number of pyridine rings is 1. The third-order valence-corrected chi connectivity index (χ3v) is 3.90. The number of benzene rings is 1. The number of fused-ring (bicyclic) bond motifs is 1. The summed E-state index contributed by atoms with van der Waals surface area (Å²) >= 11 is 0. The number of likely N-dealkylation sites (N-methyl/N-ethyl adjacent to an activating group) is 1. The summed E-state index contributed by atoms with van der Waals surface area (Å²) in [7, 11) is 2.18. The van der Waals surface area contributed by atoms with Crippen LogP contribution in [0.2, 0.25) is 0 Å². The molecule has 1 N–H and O–H groups in total. The van der Waals surface area contributed by atoms with E-state index in [0.29, 0.717) is 5.92 Å². The van der Waals surface area contributed by atoms with Gasteiger partial charge in [-0.1, -0.05) is 24.3 Å². The summed E-state index contributed by atoms with van der Waals surface area (Å²) in [5, 5.41) is 3.48. The molecule has 0 saturated carbocycles. The first-order valence-corrected chi connectivity index (χ1v) is 7.24. The number of rotatable bonds is 4. The Morgan fingerprint density at radius 2 is 2.05 bits per heavy atom. The number of nitrogens with one attached hydrogen (secondary N) is 1. The Morgan fingerprint density at radius 3 is 2.90 bits per heavy atom. The van der Waals surface area contributed by atoms with Crippen molar-refractivity contribution in [3.63, 3.8) is 0 Å². The fraction of sp³-hybridized carbons (Fsp3) is 0.353. The van der Waals surface area contributed by atoms with Crippen LogP contribution >= 0.6 is 0 Å². The summed E-state index contributed by atoms with van der Waals surface area (Å²) in [6.07, 6.45) is 3.06. The first-order valence-electron chi connectivity index (χ1n) is 7.24. The van der Waals surface area contributed by atoms with Gasteiger partial charge in [0, 0.05) is 37.4 Å². The lowest BCUT2D eigenvalue weighted by Gasteiger charge is -2.30. The van der Waals surface area contributed by atoms with Crippen molar-refractivity contribution in [2.24, 2.45) is 0 Å². The van der Waals surface area contributed by atoms with Crippen molar-refractivity contribution >= 4 is 5.69 Å². The van der Waals surface area contributed by atoms with E-state index in [4.69, 9.17) is 0 Å². The van der Waals surface area contributed by atoms with E-state index in [1.807, 2.05) is 12.3 Å². The molecule has 2 aromatic rings. The number of para-hydroxylation sites is 1. The van der Waals surface area contributed by atoms with Crippen LogP contribution in [-0.4, -0.2) is 30.0 Å². The van der Waals surface area contributed by atoms with Crippen LogP contribution < -0.4 is 5.32 Å². The molecule has 20 heavy (non-hydrogen) atoms. The van der Waals surface area contributed by atoms with Crippen molar-refractivity contribution in [2.45, 2.75) is 18.9 Å². The molecule has 1 unspecified atom stereocenters. The van der Waals surface area contributed by atoms with E-state index in [0.717, 1.165) is 25.3 Å². The normalized spacial score (nSPS) is 17.6. The molecule has 0 amide bonds. The van der Waals surface area contributed by atoms with Gasteiger partial charge in [0.25, 0.3) is 0 Å². The topological polar surface area (TPSA) is 28.2 Å². The monoisotopic (exact) mass is 267 g/mol. The van der Waals surface area contributed by atoms with Gasteiger partial charge in [-0.25, -0.2) is 0 Å². The SMILES string of the molecule is CN(Cc1ccccn1)CC1CCNc2ccccc21. The number of nitrogens with zero attached hydrogens (tertiary/aromatic N) is 2. The number of aromatic nitrogens is 1. The van der Waals surface area contributed by atoms with Crippen molar-refractivity contribution in [3.8, 4) is 0 Å². The molecule has 1 atom stereocenters. The third-order valence-electron chi connectivity index (χ3n) is 3.90. The Kier molecular flexibility index (Phi) is 3.97. The van der Waals surface area contributed by atoms with Gasteiger partial charge in [-0.15, -0.1) is 0 Å². The molecule has 0 radical (unpaired) electrons. The van der Waals surface area contributed by atoms with Crippen LogP contribution in [0.25, 0.3) is 0 Å². The molecule has 0 fully saturated rings. The van der Waals surface area contributed by atoms with Gasteiger partial charge in [-0.3, -0.25) is 9.88 Å². The molecule has 1 aliphatic rings. The van der Waals surface area contributed by atoms with Crippen molar-refractivity contribution in [3.05, 3.63) is 59.9 Å². The summed E-state index contributed by atoms with van der Waals surface area (Å²) in [6, 6.07) is 14.8. The quantitative estimate of drug-likeness (QED) is 0.922. The molecular weight excluding hydrogens is 246 g/mol. The van der Waals surface area contributed by atoms with Gasteiger partial charge in [0.2, 0.25) is 0 Å². The second-order valence-electron chi connectivity index (χ2n) is 5.52. The molecule has 2 heterocycles. The van der Waals surface area contributed by atoms with Crippen molar-refractivity contribution < 1.29 is 0 Å². The molecular formula is C17H21N3. The highest BCUT2D eigenvalue weighted by Gasteiger charge is 2.20. The van der Waals surface area contributed by atoms with Gasteiger partial charge < -0.3 is 5.32 Å². The smallest absolute Gasteiger partial charge is 0.0543 e. The number of hydrogen-bond acceptors (Lipinski definition) is 3. The van der Waals surface area contributed by atoms with E-state index in [2.05, 4.69) is 58.6 Å². The Bertz CT molecular complexity index is 553. The lowest BCUT2D eigenvalue weighted by atomic mass is 9.90. The molecule has 0 bridgehead atoms. The van der Waals surface area contributed by atoms with Gasteiger partial charge in [0.05, 0.1) is 5.69 Å². The van der Waals surface area contributed by atoms with E-state index in [1.54, 1.807) is 0 Å². The highest BCUT2D eigenvalue weighted by molar-refractivity contribution is 5.54. The van der Waals surface area contributed by atoms with Crippen molar-refractivity contribution in [1.82, 2.24) is 9.88 Å². The maximum atomic E-state index is 4.40. The fourth-order valence-electron chi connectivity index (χ4n) is 2.95. The molecule has 0 spiro atoms. The number of hydrogen-bond donors (Lipinski definition) is 1. The van der Waals surface area contributed by atoms with Gasteiger partial charge in [0.1, 0.15) is 0 Å².